The lowest BCUT2D eigenvalue weighted by Crippen LogP contribution is -2.09. The molecule has 114 valence electrons. The van der Waals surface area contributed by atoms with Crippen molar-refractivity contribution in [2.75, 3.05) is 0 Å². The normalized spacial score (nSPS) is 11.9. The molecular weight excluding hydrogens is 287 g/mol. The molecule has 2 aromatic rings. The topological polar surface area (TPSA) is 60.0 Å². The number of alkyl halides is 3. The second-order valence-electron chi connectivity index (χ2n) is 4.65. The molecule has 0 atom stereocenters. The van der Waals surface area contributed by atoms with Gasteiger partial charge in [0.2, 0.25) is 0 Å². The lowest BCUT2D eigenvalue weighted by atomic mass is 10.2. The number of rotatable bonds is 4. The maximum atomic E-state index is 12.8. The highest BCUT2D eigenvalue weighted by atomic mass is 19.4. The van der Waals surface area contributed by atoms with Gasteiger partial charge in [-0.2, -0.15) is 18.3 Å². The highest BCUT2D eigenvalue weighted by Gasteiger charge is 2.37. The van der Waals surface area contributed by atoms with E-state index in [2.05, 4.69) is 5.10 Å². The van der Waals surface area contributed by atoms with Crippen molar-refractivity contribution in [3.63, 3.8) is 0 Å². The number of nitrogens with zero attached hydrogens (tertiary/aromatic N) is 3. The number of hydrogen-bond donors (Lipinski definition) is 1. The van der Waals surface area contributed by atoms with Crippen molar-refractivity contribution >= 4 is 5.97 Å². The van der Waals surface area contributed by atoms with Gasteiger partial charge in [-0.3, -0.25) is 4.68 Å². The van der Waals surface area contributed by atoms with Crippen LogP contribution in [-0.4, -0.2) is 25.4 Å². The lowest BCUT2D eigenvalue weighted by Gasteiger charge is -2.06. The fraction of sp³-hybridized carbons (Fsp3) is 0.385. The van der Waals surface area contributed by atoms with Crippen LogP contribution in [0.5, 0.6) is 0 Å². The number of hydrogen-bond acceptors (Lipinski definition) is 2. The van der Waals surface area contributed by atoms with Crippen LogP contribution in [0, 0.1) is 6.92 Å². The smallest absolute Gasteiger partial charge is 0.418 e. The molecule has 0 radical (unpaired) electrons. The van der Waals surface area contributed by atoms with Crippen LogP contribution in [0.25, 0.3) is 0 Å². The first-order valence-corrected chi connectivity index (χ1v) is 6.26. The van der Waals surface area contributed by atoms with Gasteiger partial charge >= 0.3 is 12.1 Å². The van der Waals surface area contributed by atoms with E-state index >= 15 is 0 Å². The van der Waals surface area contributed by atoms with Gasteiger partial charge in [-0.05, 0) is 19.9 Å². The van der Waals surface area contributed by atoms with Crippen molar-refractivity contribution in [1.82, 2.24) is 14.3 Å². The summed E-state index contributed by atoms with van der Waals surface area (Å²) in [5.41, 5.74) is -0.416. The Labute approximate surface area is 118 Å². The Morgan fingerprint density at radius 2 is 2.05 bits per heavy atom. The highest BCUT2D eigenvalue weighted by molar-refractivity contribution is 5.89. The van der Waals surface area contributed by atoms with Crippen molar-refractivity contribution in [3.05, 3.63) is 41.0 Å². The van der Waals surface area contributed by atoms with Gasteiger partial charge in [-0.25, -0.2) is 4.79 Å². The fourth-order valence-electron chi connectivity index (χ4n) is 2.18. The van der Waals surface area contributed by atoms with Gasteiger partial charge < -0.3 is 9.67 Å². The van der Waals surface area contributed by atoms with Crippen LogP contribution in [0.4, 0.5) is 13.2 Å². The molecule has 2 rings (SSSR count). The van der Waals surface area contributed by atoms with Crippen LogP contribution in [0.3, 0.4) is 0 Å². The second kappa shape index (κ2) is 5.27. The van der Waals surface area contributed by atoms with E-state index in [4.69, 9.17) is 5.11 Å². The molecule has 0 saturated carbocycles. The quantitative estimate of drug-likeness (QED) is 0.944. The summed E-state index contributed by atoms with van der Waals surface area (Å²) in [5, 5.41) is 13.1. The molecule has 8 heteroatoms. The minimum Gasteiger partial charge on any atom is -0.478 e. The van der Waals surface area contributed by atoms with Crippen molar-refractivity contribution in [3.8, 4) is 0 Å². The predicted molar refractivity (Wildman–Crippen MR) is 68.1 cm³/mol. The summed E-state index contributed by atoms with van der Waals surface area (Å²) < 4.78 is 41.3. The van der Waals surface area contributed by atoms with E-state index < -0.39 is 23.3 Å². The third-order valence-electron chi connectivity index (χ3n) is 3.05. The van der Waals surface area contributed by atoms with E-state index in [9.17, 15) is 18.0 Å². The average molecular weight is 301 g/mol. The third kappa shape index (κ3) is 3.09. The van der Waals surface area contributed by atoms with E-state index in [0.717, 1.165) is 23.8 Å². The van der Waals surface area contributed by atoms with E-state index in [0.29, 0.717) is 6.54 Å². The summed E-state index contributed by atoms with van der Waals surface area (Å²) in [4.78, 5) is 10.9. The molecular formula is C13H14F3N3O2. The minimum atomic E-state index is -4.69. The molecule has 5 nitrogen and oxygen atoms in total. The molecule has 2 heterocycles. The van der Waals surface area contributed by atoms with Crippen molar-refractivity contribution in [2.45, 2.75) is 33.1 Å². The zero-order valence-electron chi connectivity index (χ0n) is 11.5. The molecule has 1 N–H and O–H groups in total. The molecule has 0 spiro atoms. The Kier molecular flexibility index (Phi) is 3.80. The maximum absolute atomic E-state index is 12.8. The molecule has 0 amide bonds. The first kappa shape index (κ1) is 15.1. The minimum absolute atomic E-state index is 0.130. The van der Waals surface area contributed by atoms with E-state index in [1.807, 2.05) is 6.92 Å². The summed E-state index contributed by atoms with van der Waals surface area (Å²) in [6.07, 6.45) is -2.89. The van der Waals surface area contributed by atoms with Gasteiger partial charge in [0, 0.05) is 18.9 Å². The van der Waals surface area contributed by atoms with Crippen molar-refractivity contribution in [1.29, 1.82) is 0 Å². The number of carbonyl (C=O) groups is 1. The monoisotopic (exact) mass is 301 g/mol. The fourth-order valence-corrected chi connectivity index (χ4v) is 2.18. The molecule has 0 unspecified atom stereocenters. The molecule has 0 aromatic carbocycles. The number of halogens is 3. The average Bonchev–Trinajstić information content (AvgIpc) is 2.93. The van der Waals surface area contributed by atoms with Crippen LogP contribution < -0.4 is 0 Å². The summed E-state index contributed by atoms with van der Waals surface area (Å²) in [6.45, 7) is 4.37. The maximum Gasteiger partial charge on any atom is 0.418 e. The lowest BCUT2D eigenvalue weighted by molar-refractivity contribution is -0.138. The second-order valence-corrected chi connectivity index (χ2v) is 4.65. The predicted octanol–water partition coefficient (Wildman–Crippen LogP) is 2.78. The summed E-state index contributed by atoms with van der Waals surface area (Å²) in [5.74, 6) is -1.60. The van der Waals surface area contributed by atoms with E-state index in [1.54, 1.807) is 17.7 Å². The molecule has 2 aromatic heterocycles. The molecule has 0 saturated heterocycles. The van der Waals surface area contributed by atoms with Gasteiger partial charge in [-0.15, -0.1) is 0 Å². The number of aromatic carboxylic acids is 1. The number of aryl methyl sites for hydroxylation is 2. The van der Waals surface area contributed by atoms with Crippen molar-refractivity contribution < 1.29 is 23.1 Å². The third-order valence-corrected chi connectivity index (χ3v) is 3.05. The van der Waals surface area contributed by atoms with Gasteiger partial charge in [0.25, 0.3) is 0 Å². The summed E-state index contributed by atoms with van der Waals surface area (Å²) in [7, 11) is 0. The van der Waals surface area contributed by atoms with E-state index in [-0.39, 0.29) is 6.54 Å². The standard InChI is InChI=1S/C13H14F3N3O2/c1-3-19-9(4-8(2)17-19)5-18-6-10(12(20)21)11(7-18)13(14,15)16/h4,6-7H,3,5H2,1-2H3,(H,20,21). The van der Waals surface area contributed by atoms with Crippen molar-refractivity contribution in [2.24, 2.45) is 0 Å². The zero-order chi connectivity index (χ0) is 15.8. The Balaban J connectivity index is 2.39. The van der Waals surface area contributed by atoms with Crippen LogP contribution in [-0.2, 0) is 19.3 Å². The zero-order valence-corrected chi connectivity index (χ0v) is 11.5. The Bertz CT molecular complexity index is 671. The van der Waals surface area contributed by atoms with Crippen LogP contribution in [0.15, 0.2) is 18.5 Å². The van der Waals surface area contributed by atoms with Gasteiger partial charge in [0.1, 0.15) is 0 Å². The van der Waals surface area contributed by atoms with Crippen LogP contribution >= 0.6 is 0 Å². The Hall–Kier alpha value is -2.25. The van der Waals surface area contributed by atoms with Gasteiger partial charge in [0.15, 0.2) is 0 Å². The highest BCUT2D eigenvalue weighted by Crippen LogP contribution is 2.32. The van der Waals surface area contributed by atoms with E-state index in [1.165, 1.54) is 4.57 Å². The summed E-state index contributed by atoms with van der Waals surface area (Å²) >= 11 is 0. The molecule has 0 aliphatic heterocycles. The number of carboxylic acid groups (broad SMARTS) is 1. The summed E-state index contributed by atoms with van der Waals surface area (Å²) in [6, 6.07) is 1.76. The number of carboxylic acids is 1. The number of aromatic nitrogens is 3. The van der Waals surface area contributed by atoms with Crippen LogP contribution in [0.1, 0.15) is 34.2 Å². The first-order valence-electron chi connectivity index (χ1n) is 6.26. The molecule has 0 aliphatic carbocycles. The Morgan fingerprint density at radius 3 is 2.52 bits per heavy atom. The molecule has 0 fully saturated rings. The first-order chi connectivity index (χ1) is 9.72. The largest absolute Gasteiger partial charge is 0.478 e. The Morgan fingerprint density at radius 1 is 1.38 bits per heavy atom. The van der Waals surface area contributed by atoms with Crippen LogP contribution in [0.2, 0.25) is 0 Å². The molecule has 21 heavy (non-hydrogen) atoms. The molecule has 0 bridgehead atoms. The van der Waals surface area contributed by atoms with Gasteiger partial charge in [-0.1, -0.05) is 0 Å². The SMILES string of the molecule is CCn1nc(C)cc1Cn1cc(C(=O)O)c(C(F)(F)F)c1. The molecule has 0 aliphatic rings. The van der Waals surface area contributed by atoms with Gasteiger partial charge in [0.05, 0.1) is 29.1 Å².